The standard InChI is InChI=1S/C31H34N2O6S2/c1-31(2,14-4-3-5-19-40(34,35)27-6-8-29-25(20-27)12-17-38-29)23-33(22-24-10-15-32-16-11-24)41(36,37)28-7-9-30-26(21-28)13-18-39-30/h6-13,15-18,20-21H,3-5,14,19,22-23H2,1-2H3. The molecule has 0 saturated carbocycles. The first-order valence-electron chi connectivity index (χ1n) is 13.6. The van der Waals surface area contributed by atoms with Crippen molar-refractivity contribution in [2.45, 2.75) is 55.9 Å². The maximum Gasteiger partial charge on any atom is 0.243 e. The molecule has 0 aliphatic heterocycles. The Morgan fingerprint density at radius 3 is 2.02 bits per heavy atom. The van der Waals surface area contributed by atoms with Crippen molar-refractivity contribution in [1.82, 2.24) is 9.29 Å². The van der Waals surface area contributed by atoms with Crippen molar-refractivity contribution in [3.05, 3.63) is 91.1 Å². The van der Waals surface area contributed by atoms with Gasteiger partial charge < -0.3 is 8.83 Å². The molecule has 0 aliphatic rings. The van der Waals surface area contributed by atoms with E-state index in [1.54, 1.807) is 73.5 Å². The first kappa shape index (κ1) is 29.0. The molecule has 0 radical (unpaired) electrons. The maximum absolute atomic E-state index is 13.9. The van der Waals surface area contributed by atoms with Gasteiger partial charge in [-0.25, -0.2) is 16.8 Å². The molecule has 3 aromatic heterocycles. The summed E-state index contributed by atoms with van der Waals surface area (Å²) in [5.41, 5.74) is 1.80. The monoisotopic (exact) mass is 594 g/mol. The van der Waals surface area contributed by atoms with E-state index in [1.807, 2.05) is 12.1 Å². The summed E-state index contributed by atoms with van der Waals surface area (Å²) in [7, 11) is -7.21. The fourth-order valence-corrected chi connectivity index (χ4v) is 8.11. The van der Waals surface area contributed by atoms with Crippen molar-refractivity contribution in [3.8, 4) is 0 Å². The minimum atomic E-state index is -3.81. The van der Waals surface area contributed by atoms with E-state index in [-0.39, 0.29) is 22.6 Å². The van der Waals surface area contributed by atoms with Gasteiger partial charge in [0.05, 0.1) is 28.1 Å². The molecular formula is C31H34N2O6S2. The number of aromatic nitrogens is 1. The predicted octanol–water partition coefficient (Wildman–Crippen LogP) is 6.83. The average molecular weight is 595 g/mol. The molecule has 0 unspecified atom stereocenters. The van der Waals surface area contributed by atoms with Gasteiger partial charge in [0.2, 0.25) is 10.0 Å². The van der Waals surface area contributed by atoms with Crippen LogP contribution < -0.4 is 0 Å². The Kier molecular flexibility index (Phi) is 8.35. The summed E-state index contributed by atoms with van der Waals surface area (Å²) >= 11 is 0. The molecule has 2 aromatic carbocycles. The lowest BCUT2D eigenvalue weighted by Crippen LogP contribution is -2.38. The molecule has 0 aliphatic carbocycles. The summed E-state index contributed by atoms with van der Waals surface area (Å²) in [6.07, 6.45) is 9.20. The number of hydrogen-bond acceptors (Lipinski definition) is 7. The summed E-state index contributed by atoms with van der Waals surface area (Å²) in [5.74, 6) is 0.0653. The lowest BCUT2D eigenvalue weighted by molar-refractivity contribution is 0.232. The van der Waals surface area contributed by atoms with E-state index in [0.29, 0.717) is 29.0 Å². The summed E-state index contributed by atoms with van der Waals surface area (Å²) in [5, 5.41) is 1.50. The molecule has 10 heteroatoms. The minimum Gasteiger partial charge on any atom is -0.464 e. The minimum absolute atomic E-state index is 0.0653. The van der Waals surface area contributed by atoms with Crippen LogP contribution in [0.15, 0.2) is 104 Å². The Morgan fingerprint density at radius 1 is 0.756 bits per heavy atom. The van der Waals surface area contributed by atoms with Crippen LogP contribution in [0.25, 0.3) is 21.9 Å². The fourth-order valence-electron chi connectivity index (χ4n) is 5.06. The second kappa shape index (κ2) is 11.8. The lowest BCUT2D eigenvalue weighted by Gasteiger charge is -2.32. The van der Waals surface area contributed by atoms with E-state index >= 15 is 0 Å². The second-order valence-electron chi connectivity index (χ2n) is 11.2. The highest BCUT2D eigenvalue weighted by molar-refractivity contribution is 7.91. The van der Waals surface area contributed by atoms with E-state index in [9.17, 15) is 16.8 Å². The number of fused-ring (bicyclic) bond motifs is 2. The third-order valence-corrected chi connectivity index (χ3v) is 10.9. The topological polar surface area (TPSA) is 111 Å². The van der Waals surface area contributed by atoms with Crippen molar-refractivity contribution in [3.63, 3.8) is 0 Å². The number of nitrogens with zero attached hydrogens (tertiary/aromatic N) is 2. The highest BCUT2D eigenvalue weighted by atomic mass is 32.2. The largest absolute Gasteiger partial charge is 0.464 e. The van der Waals surface area contributed by atoms with Crippen molar-refractivity contribution >= 4 is 41.8 Å². The van der Waals surface area contributed by atoms with Gasteiger partial charge in [-0.2, -0.15) is 4.31 Å². The van der Waals surface area contributed by atoms with Gasteiger partial charge in [0.25, 0.3) is 0 Å². The highest BCUT2D eigenvalue weighted by Gasteiger charge is 2.31. The molecule has 0 N–H and O–H groups in total. The van der Waals surface area contributed by atoms with Gasteiger partial charge in [-0.1, -0.05) is 26.7 Å². The average Bonchev–Trinajstić information content (AvgIpc) is 3.61. The quantitative estimate of drug-likeness (QED) is 0.137. The molecule has 0 saturated heterocycles. The molecule has 5 rings (SSSR count). The Morgan fingerprint density at radius 2 is 1.37 bits per heavy atom. The van der Waals surface area contributed by atoms with E-state index < -0.39 is 19.9 Å². The second-order valence-corrected chi connectivity index (χ2v) is 15.2. The zero-order valence-electron chi connectivity index (χ0n) is 23.2. The van der Waals surface area contributed by atoms with Crippen LogP contribution in [-0.2, 0) is 26.4 Å². The van der Waals surface area contributed by atoms with Crippen molar-refractivity contribution in [2.24, 2.45) is 5.41 Å². The van der Waals surface area contributed by atoms with Gasteiger partial charge in [0, 0.05) is 36.3 Å². The third kappa shape index (κ3) is 6.89. The summed E-state index contributed by atoms with van der Waals surface area (Å²) < 4.78 is 65.7. The first-order chi connectivity index (χ1) is 19.5. The van der Waals surface area contributed by atoms with Gasteiger partial charge in [-0.05, 0) is 84.5 Å². The molecule has 0 spiro atoms. The number of furan rings is 2. The van der Waals surface area contributed by atoms with Crippen LogP contribution in [0.4, 0.5) is 0 Å². The Labute approximate surface area is 241 Å². The molecule has 0 fully saturated rings. The van der Waals surface area contributed by atoms with Crippen molar-refractivity contribution < 1.29 is 25.7 Å². The van der Waals surface area contributed by atoms with E-state index in [0.717, 1.165) is 35.6 Å². The van der Waals surface area contributed by atoms with E-state index in [2.05, 4.69) is 18.8 Å². The molecule has 216 valence electrons. The van der Waals surface area contributed by atoms with Gasteiger partial charge in [0.15, 0.2) is 9.84 Å². The summed E-state index contributed by atoms with van der Waals surface area (Å²) in [6.45, 7) is 4.64. The van der Waals surface area contributed by atoms with Gasteiger partial charge in [-0.15, -0.1) is 0 Å². The van der Waals surface area contributed by atoms with Crippen molar-refractivity contribution in [2.75, 3.05) is 12.3 Å². The SMILES string of the molecule is CC(C)(CCCCCS(=O)(=O)c1ccc2occc2c1)CN(Cc1ccncc1)S(=O)(=O)c1ccc2occc2c1. The first-order valence-corrected chi connectivity index (χ1v) is 16.7. The normalized spacial score (nSPS) is 13.0. The molecule has 3 heterocycles. The Hall–Kier alpha value is -3.47. The number of rotatable bonds is 13. The van der Waals surface area contributed by atoms with Crippen LogP contribution in [0.5, 0.6) is 0 Å². The van der Waals surface area contributed by atoms with Gasteiger partial charge in [0.1, 0.15) is 11.2 Å². The Balaban J connectivity index is 1.23. The molecule has 8 nitrogen and oxygen atoms in total. The molecule has 41 heavy (non-hydrogen) atoms. The number of pyridine rings is 1. The fraction of sp³-hybridized carbons (Fsp3) is 0.323. The summed E-state index contributed by atoms with van der Waals surface area (Å²) in [6, 6.07) is 17.0. The summed E-state index contributed by atoms with van der Waals surface area (Å²) in [4.78, 5) is 4.58. The Bertz CT molecular complexity index is 1840. The number of unbranched alkanes of at least 4 members (excludes halogenated alkanes) is 2. The number of hydrogen-bond donors (Lipinski definition) is 0. The van der Waals surface area contributed by atoms with Gasteiger partial charge >= 0.3 is 0 Å². The number of sulfonamides is 1. The molecule has 0 amide bonds. The number of benzene rings is 2. The van der Waals surface area contributed by atoms with Crippen LogP contribution in [0.3, 0.4) is 0 Å². The molecule has 5 aromatic rings. The molecular weight excluding hydrogens is 560 g/mol. The zero-order valence-corrected chi connectivity index (χ0v) is 24.8. The number of sulfone groups is 1. The highest BCUT2D eigenvalue weighted by Crippen LogP contribution is 2.31. The lowest BCUT2D eigenvalue weighted by atomic mass is 9.87. The van der Waals surface area contributed by atoms with Crippen LogP contribution in [-0.4, -0.2) is 38.4 Å². The van der Waals surface area contributed by atoms with Crippen LogP contribution in [0.2, 0.25) is 0 Å². The molecule has 0 atom stereocenters. The van der Waals surface area contributed by atoms with Crippen LogP contribution in [0, 0.1) is 5.41 Å². The van der Waals surface area contributed by atoms with E-state index in [1.165, 1.54) is 4.31 Å². The van der Waals surface area contributed by atoms with E-state index in [4.69, 9.17) is 8.83 Å². The smallest absolute Gasteiger partial charge is 0.243 e. The van der Waals surface area contributed by atoms with Crippen LogP contribution >= 0.6 is 0 Å². The van der Waals surface area contributed by atoms with Gasteiger partial charge in [-0.3, -0.25) is 4.98 Å². The molecule has 0 bridgehead atoms. The van der Waals surface area contributed by atoms with Crippen molar-refractivity contribution in [1.29, 1.82) is 0 Å². The third-order valence-electron chi connectivity index (χ3n) is 7.32. The van der Waals surface area contributed by atoms with Crippen LogP contribution in [0.1, 0.15) is 45.1 Å². The zero-order chi connectivity index (χ0) is 29.1. The maximum atomic E-state index is 13.9. The predicted molar refractivity (Wildman–Crippen MR) is 159 cm³/mol.